The van der Waals surface area contributed by atoms with Gasteiger partial charge in [-0.3, -0.25) is 4.79 Å². The fraction of sp³-hybridized carbons (Fsp3) is 0.333. The van der Waals surface area contributed by atoms with Crippen molar-refractivity contribution in [1.29, 1.82) is 5.26 Å². The summed E-state index contributed by atoms with van der Waals surface area (Å²) in [5.41, 5.74) is 0.328. The molecule has 0 aromatic heterocycles. The van der Waals surface area contributed by atoms with Crippen LogP contribution in [-0.4, -0.2) is 13.1 Å². The molecular weight excluding hydrogens is 209 g/mol. The van der Waals surface area contributed by atoms with E-state index in [-0.39, 0.29) is 12.8 Å². The van der Waals surface area contributed by atoms with E-state index in [1.807, 2.05) is 6.07 Å². The van der Waals surface area contributed by atoms with Crippen LogP contribution >= 0.6 is 0 Å². The molecule has 0 aliphatic carbocycles. The molecule has 1 aromatic rings. The van der Waals surface area contributed by atoms with Gasteiger partial charge in [-0.2, -0.15) is 5.26 Å². The van der Waals surface area contributed by atoms with Crippen molar-refractivity contribution in [2.45, 2.75) is 18.8 Å². The SMILES string of the molecule is COC(=O)CC[C@@H](C#N)c1ccccc1F. The van der Waals surface area contributed by atoms with E-state index in [4.69, 9.17) is 5.26 Å². The molecule has 3 nitrogen and oxygen atoms in total. The van der Waals surface area contributed by atoms with Crippen LogP contribution in [-0.2, 0) is 9.53 Å². The summed E-state index contributed by atoms with van der Waals surface area (Å²) in [4.78, 5) is 10.9. The highest BCUT2D eigenvalue weighted by atomic mass is 19.1. The molecule has 0 unspecified atom stereocenters. The number of methoxy groups -OCH3 is 1. The topological polar surface area (TPSA) is 50.1 Å². The first-order valence-corrected chi connectivity index (χ1v) is 4.90. The van der Waals surface area contributed by atoms with Crippen LogP contribution in [0.4, 0.5) is 4.39 Å². The van der Waals surface area contributed by atoms with E-state index in [0.717, 1.165) is 0 Å². The number of hydrogen-bond donors (Lipinski definition) is 0. The Kier molecular flexibility index (Phi) is 4.46. The van der Waals surface area contributed by atoms with E-state index in [1.165, 1.54) is 13.2 Å². The van der Waals surface area contributed by atoms with Crippen LogP contribution in [0.1, 0.15) is 24.3 Å². The molecule has 16 heavy (non-hydrogen) atoms. The number of nitrogens with zero attached hydrogens (tertiary/aromatic N) is 1. The summed E-state index contributed by atoms with van der Waals surface area (Å²) in [6.45, 7) is 0. The Hall–Kier alpha value is -1.89. The third kappa shape index (κ3) is 3.06. The number of halogens is 1. The highest BCUT2D eigenvalue weighted by Crippen LogP contribution is 2.23. The number of ether oxygens (including phenoxy) is 1. The van der Waals surface area contributed by atoms with Crippen LogP contribution in [0, 0.1) is 17.1 Å². The second-order valence-electron chi connectivity index (χ2n) is 3.32. The zero-order valence-electron chi connectivity index (χ0n) is 8.94. The number of rotatable bonds is 4. The first kappa shape index (κ1) is 12.2. The van der Waals surface area contributed by atoms with Gasteiger partial charge in [0.2, 0.25) is 0 Å². The first-order valence-electron chi connectivity index (χ1n) is 4.90. The van der Waals surface area contributed by atoms with Crippen LogP contribution in [0.25, 0.3) is 0 Å². The molecule has 4 heteroatoms. The van der Waals surface area contributed by atoms with Gasteiger partial charge in [-0.1, -0.05) is 18.2 Å². The lowest BCUT2D eigenvalue weighted by atomic mass is 9.95. The van der Waals surface area contributed by atoms with E-state index < -0.39 is 17.7 Å². The number of carbonyl (C=O) groups is 1. The van der Waals surface area contributed by atoms with Gasteiger partial charge in [-0.05, 0) is 12.5 Å². The Morgan fingerprint density at radius 3 is 2.81 bits per heavy atom. The van der Waals surface area contributed by atoms with Crippen molar-refractivity contribution >= 4 is 5.97 Å². The van der Waals surface area contributed by atoms with E-state index >= 15 is 0 Å². The molecule has 0 saturated carbocycles. The molecule has 84 valence electrons. The summed E-state index contributed by atoms with van der Waals surface area (Å²) in [6.07, 6.45) is 0.382. The summed E-state index contributed by atoms with van der Waals surface area (Å²) in [5, 5.41) is 8.92. The molecule has 1 aromatic carbocycles. The van der Waals surface area contributed by atoms with Gasteiger partial charge in [0.1, 0.15) is 5.82 Å². The number of nitriles is 1. The van der Waals surface area contributed by atoms with Crippen LogP contribution in [0.2, 0.25) is 0 Å². The lowest BCUT2D eigenvalue weighted by Crippen LogP contribution is -2.05. The highest BCUT2D eigenvalue weighted by Gasteiger charge is 2.16. The highest BCUT2D eigenvalue weighted by molar-refractivity contribution is 5.69. The Morgan fingerprint density at radius 2 is 2.25 bits per heavy atom. The minimum atomic E-state index is -0.611. The lowest BCUT2D eigenvalue weighted by Gasteiger charge is -2.09. The van der Waals surface area contributed by atoms with Crippen molar-refractivity contribution in [1.82, 2.24) is 0 Å². The summed E-state index contributed by atoms with van der Waals surface area (Å²) in [5.74, 6) is -1.42. The summed E-state index contributed by atoms with van der Waals surface area (Å²) in [7, 11) is 1.28. The van der Waals surface area contributed by atoms with Gasteiger partial charge in [0.25, 0.3) is 0 Å². The second-order valence-corrected chi connectivity index (χ2v) is 3.32. The Balaban J connectivity index is 2.73. The average molecular weight is 221 g/mol. The second kappa shape index (κ2) is 5.86. The minimum absolute atomic E-state index is 0.114. The molecule has 0 radical (unpaired) electrons. The standard InChI is InChI=1S/C12H12FNO2/c1-16-12(15)7-6-9(8-14)10-4-2-3-5-11(10)13/h2-5,9H,6-7H2,1H3/t9-/m0/s1. The Morgan fingerprint density at radius 1 is 1.56 bits per heavy atom. The Bertz CT molecular complexity index is 412. The van der Waals surface area contributed by atoms with Crippen molar-refractivity contribution in [3.05, 3.63) is 35.6 Å². The molecule has 1 rings (SSSR count). The number of esters is 1. The monoisotopic (exact) mass is 221 g/mol. The van der Waals surface area contributed by atoms with Gasteiger partial charge < -0.3 is 4.74 Å². The van der Waals surface area contributed by atoms with Crippen LogP contribution in [0.15, 0.2) is 24.3 Å². The number of carbonyl (C=O) groups excluding carboxylic acids is 1. The summed E-state index contributed by atoms with van der Waals surface area (Å²) in [6, 6.07) is 8.08. The fourth-order valence-electron chi connectivity index (χ4n) is 1.41. The van der Waals surface area contributed by atoms with Gasteiger partial charge >= 0.3 is 5.97 Å². The Labute approximate surface area is 93.5 Å². The molecule has 0 heterocycles. The number of benzene rings is 1. The predicted molar refractivity (Wildman–Crippen MR) is 56.0 cm³/mol. The van der Waals surface area contributed by atoms with Gasteiger partial charge in [-0.25, -0.2) is 4.39 Å². The average Bonchev–Trinajstić information content (AvgIpc) is 2.31. The van der Waals surface area contributed by atoms with Crippen molar-refractivity contribution < 1.29 is 13.9 Å². The molecule has 0 bridgehead atoms. The van der Waals surface area contributed by atoms with Gasteiger partial charge in [0, 0.05) is 12.0 Å². The van der Waals surface area contributed by atoms with E-state index in [2.05, 4.69) is 4.74 Å². The summed E-state index contributed by atoms with van der Waals surface area (Å²) >= 11 is 0. The first-order chi connectivity index (χ1) is 7.69. The van der Waals surface area contributed by atoms with Crippen molar-refractivity contribution in [2.24, 2.45) is 0 Å². The molecular formula is C12H12FNO2. The van der Waals surface area contributed by atoms with Crippen molar-refractivity contribution in [3.8, 4) is 6.07 Å². The fourth-order valence-corrected chi connectivity index (χ4v) is 1.41. The zero-order chi connectivity index (χ0) is 12.0. The summed E-state index contributed by atoms with van der Waals surface area (Å²) < 4.78 is 17.8. The smallest absolute Gasteiger partial charge is 0.305 e. The van der Waals surface area contributed by atoms with Crippen LogP contribution < -0.4 is 0 Å². The molecule has 1 atom stereocenters. The maximum absolute atomic E-state index is 13.4. The third-order valence-electron chi connectivity index (χ3n) is 2.30. The van der Waals surface area contributed by atoms with E-state index in [0.29, 0.717) is 5.56 Å². The molecule has 0 aliphatic rings. The molecule has 0 amide bonds. The quantitative estimate of drug-likeness (QED) is 0.733. The predicted octanol–water partition coefficient (Wildman–Crippen LogP) is 2.39. The van der Waals surface area contributed by atoms with Crippen molar-refractivity contribution in [3.63, 3.8) is 0 Å². The van der Waals surface area contributed by atoms with Crippen LogP contribution in [0.3, 0.4) is 0 Å². The maximum Gasteiger partial charge on any atom is 0.305 e. The lowest BCUT2D eigenvalue weighted by molar-refractivity contribution is -0.140. The van der Waals surface area contributed by atoms with Gasteiger partial charge in [0.05, 0.1) is 19.1 Å². The number of hydrogen-bond acceptors (Lipinski definition) is 3. The maximum atomic E-state index is 13.4. The van der Waals surface area contributed by atoms with Crippen molar-refractivity contribution in [2.75, 3.05) is 7.11 Å². The molecule has 0 N–H and O–H groups in total. The molecule has 0 spiro atoms. The normalized spacial score (nSPS) is 11.6. The van der Waals surface area contributed by atoms with Gasteiger partial charge in [-0.15, -0.1) is 0 Å². The van der Waals surface area contributed by atoms with Gasteiger partial charge in [0.15, 0.2) is 0 Å². The van der Waals surface area contributed by atoms with E-state index in [1.54, 1.807) is 18.2 Å². The third-order valence-corrected chi connectivity index (χ3v) is 2.30. The zero-order valence-corrected chi connectivity index (χ0v) is 8.94. The molecule has 0 aliphatic heterocycles. The molecule has 0 fully saturated rings. The minimum Gasteiger partial charge on any atom is -0.469 e. The van der Waals surface area contributed by atoms with E-state index in [9.17, 15) is 9.18 Å². The molecule has 0 saturated heterocycles. The van der Waals surface area contributed by atoms with Crippen LogP contribution in [0.5, 0.6) is 0 Å². The largest absolute Gasteiger partial charge is 0.469 e.